The van der Waals surface area contributed by atoms with Gasteiger partial charge in [0.2, 0.25) is 0 Å². The van der Waals surface area contributed by atoms with Gasteiger partial charge in [0.25, 0.3) is 21.9 Å². The van der Waals surface area contributed by atoms with E-state index in [1.54, 1.807) is 6.07 Å². The number of hydrogen-bond acceptors (Lipinski definition) is 11. The van der Waals surface area contributed by atoms with Gasteiger partial charge in [0.05, 0.1) is 6.42 Å². The Morgan fingerprint density at radius 1 is 0.667 bits per heavy atom. The van der Waals surface area contributed by atoms with E-state index in [-0.39, 0.29) is 16.6 Å². The van der Waals surface area contributed by atoms with E-state index < -0.39 is 57.6 Å². The highest BCUT2D eigenvalue weighted by atomic mass is 33.1. The van der Waals surface area contributed by atoms with Gasteiger partial charge in [0, 0.05) is 33.7 Å². The Balaban J connectivity index is 0.967. The summed E-state index contributed by atoms with van der Waals surface area (Å²) < 4.78 is 33.0. The first-order valence-electron chi connectivity index (χ1n) is 17.8. The Labute approximate surface area is 332 Å². The number of hydroxylamine groups is 2. The number of amides is 2. The zero-order valence-corrected chi connectivity index (χ0v) is 32.1. The lowest BCUT2D eigenvalue weighted by molar-refractivity contribution is -0.197. The fraction of sp³-hybridized carbons (Fsp3) is 0.143. The van der Waals surface area contributed by atoms with E-state index in [1.165, 1.54) is 21.6 Å². The molecule has 0 bridgehead atoms. The van der Waals surface area contributed by atoms with Crippen molar-refractivity contribution in [2.75, 3.05) is 22.1 Å². The summed E-state index contributed by atoms with van der Waals surface area (Å²) in [6.45, 7) is 0. The Morgan fingerprint density at radius 3 is 1.54 bits per heavy atom. The van der Waals surface area contributed by atoms with Gasteiger partial charge >= 0.3 is 11.9 Å². The minimum atomic E-state index is -4.93. The maximum Gasteiger partial charge on any atom is 0.356 e. The van der Waals surface area contributed by atoms with Crippen molar-refractivity contribution < 1.29 is 42.1 Å². The first-order chi connectivity index (χ1) is 27.5. The Hall–Kier alpha value is -5.87. The molecular weight excluding hydrogens is 787 g/mol. The number of benzene rings is 8. The zero-order valence-electron chi connectivity index (χ0n) is 29.7. The van der Waals surface area contributed by atoms with Crippen LogP contribution in [0.25, 0.3) is 64.6 Å². The van der Waals surface area contributed by atoms with Gasteiger partial charge in [-0.3, -0.25) is 14.1 Å². The van der Waals surface area contributed by atoms with Crippen molar-refractivity contribution in [3.63, 3.8) is 0 Å². The van der Waals surface area contributed by atoms with Crippen LogP contribution in [0.5, 0.6) is 0 Å². The molecule has 0 aliphatic carbocycles. The maximum atomic E-state index is 13.8. The number of carbonyl (C=O) groups is 4. The van der Waals surface area contributed by atoms with Crippen LogP contribution in [0, 0.1) is 0 Å². The number of carbonyl (C=O) groups excluding carboxylic acids is 3. The molecule has 2 amide bonds. The van der Waals surface area contributed by atoms with E-state index in [0.717, 1.165) is 64.6 Å². The van der Waals surface area contributed by atoms with Gasteiger partial charge in [-0.1, -0.05) is 119 Å². The fourth-order valence-corrected chi connectivity index (χ4v) is 10.7. The average Bonchev–Trinajstić information content (AvgIpc) is 3.49. The molecule has 3 atom stereocenters. The van der Waals surface area contributed by atoms with Gasteiger partial charge in [-0.25, -0.2) is 9.59 Å². The molecule has 1 aliphatic rings. The minimum absolute atomic E-state index is 0.0194. The summed E-state index contributed by atoms with van der Waals surface area (Å²) >= 11 is 0. The van der Waals surface area contributed by atoms with Gasteiger partial charge < -0.3 is 20.6 Å². The average molecular weight is 818 g/mol. The van der Waals surface area contributed by atoms with E-state index in [1.807, 2.05) is 78.9 Å². The number of carboxylic acids is 1. The molecule has 9 rings (SSSR count). The van der Waals surface area contributed by atoms with Crippen LogP contribution in [0.2, 0.25) is 0 Å². The van der Waals surface area contributed by atoms with E-state index in [2.05, 4.69) is 34.9 Å². The van der Waals surface area contributed by atoms with Gasteiger partial charge in [0.1, 0.15) is 12.1 Å². The summed E-state index contributed by atoms with van der Waals surface area (Å²) in [5.41, 5.74) is 1.22. The zero-order chi connectivity index (χ0) is 39.6. The molecular formula is C42H31N3O9S3. The molecule has 1 aliphatic heterocycles. The molecule has 286 valence electrons. The van der Waals surface area contributed by atoms with Crippen molar-refractivity contribution in [1.29, 1.82) is 0 Å². The molecule has 4 N–H and O–H groups in total. The third-order valence-corrected chi connectivity index (χ3v) is 14.0. The normalized spacial score (nSPS) is 16.1. The lowest BCUT2D eigenvalue weighted by Crippen LogP contribution is -2.42. The SMILES string of the molecule is O=C(ON1C(=O)CC(S(=O)(=O)O)C1=O)C(CSSC[C@H](Nc1ccc2ccc3cccc4ccc1c2c34)C(=O)O)Nc1ccc2ccc3cccc4ccc1c2c34. The van der Waals surface area contributed by atoms with E-state index >= 15 is 0 Å². The molecule has 12 nitrogen and oxygen atoms in total. The van der Waals surface area contributed by atoms with Crippen molar-refractivity contribution in [1.82, 2.24) is 5.06 Å². The van der Waals surface area contributed by atoms with Crippen molar-refractivity contribution in [3.8, 4) is 0 Å². The lowest BCUT2D eigenvalue weighted by atomic mass is 9.93. The van der Waals surface area contributed by atoms with Crippen LogP contribution in [-0.2, 0) is 34.1 Å². The Morgan fingerprint density at radius 2 is 1.09 bits per heavy atom. The number of anilines is 2. The molecule has 0 radical (unpaired) electrons. The van der Waals surface area contributed by atoms with Crippen LogP contribution in [0.4, 0.5) is 11.4 Å². The van der Waals surface area contributed by atoms with Crippen LogP contribution < -0.4 is 10.6 Å². The fourth-order valence-electron chi connectivity index (χ4n) is 7.74. The standard InChI is InChI=1S/C42H31N3O9S3/c46-35-19-34(57(51,52)53)40(47)45(35)54-42(50)33(44-31-18-14-27-10-8-23-4-2-6-25-12-16-29(31)39(27)37(23)25)21-56-55-20-32(41(48)49)43-30-17-13-26-9-7-22-3-1-5-24-11-15-28(30)38(26)36(22)24/h1-18,32-34,43-44H,19-21H2,(H,48,49)(H,51,52,53)/t32-,33?,34?/m0/s1. The predicted molar refractivity (Wildman–Crippen MR) is 226 cm³/mol. The van der Waals surface area contributed by atoms with Crippen LogP contribution in [-0.4, -0.2) is 75.7 Å². The van der Waals surface area contributed by atoms with Crippen LogP contribution >= 0.6 is 21.6 Å². The number of aliphatic carboxylic acids is 1. The van der Waals surface area contributed by atoms with Crippen LogP contribution in [0.15, 0.2) is 109 Å². The highest BCUT2D eigenvalue weighted by Crippen LogP contribution is 2.40. The number of imide groups is 1. The monoisotopic (exact) mass is 817 g/mol. The molecule has 0 aromatic heterocycles. The van der Waals surface area contributed by atoms with Crippen molar-refractivity contribution in [3.05, 3.63) is 109 Å². The largest absolute Gasteiger partial charge is 0.480 e. The number of hydrogen-bond donors (Lipinski definition) is 4. The Bertz CT molecular complexity index is 3020. The first-order valence-corrected chi connectivity index (χ1v) is 21.8. The molecule has 15 heteroatoms. The summed E-state index contributed by atoms with van der Waals surface area (Å²) in [7, 11) is -2.55. The molecule has 1 fully saturated rings. The molecule has 1 saturated heterocycles. The number of nitrogens with one attached hydrogen (secondary N) is 2. The van der Waals surface area contributed by atoms with E-state index in [4.69, 9.17) is 4.84 Å². The molecule has 0 saturated carbocycles. The third-order valence-electron chi connectivity index (χ3n) is 10.5. The van der Waals surface area contributed by atoms with Gasteiger partial charge in [0.15, 0.2) is 5.25 Å². The second-order valence-corrected chi connectivity index (χ2v) is 18.0. The maximum absolute atomic E-state index is 13.8. The van der Waals surface area contributed by atoms with Gasteiger partial charge in [-0.15, -0.1) is 5.06 Å². The van der Waals surface area contributed by atoms with Crippen LogP contribution in [0.1, 0.15) is 6.42 Å². The van der Waals surface area contributed by atoms with Gasteiger partial charge in [-0.05, 0) is 66.0 Å². The summed E-state index contributed by atoms with van der Waals surface area (Å²) in [6.07, 6.45) is -0.877. The van der Waals surface area contributed by atoms with Crippen molar-refractivity contribution in [2.24, 2.45) is 0 Å². The second-order valence-electron chi connectivity index (χ2n) is 13.9. The van der Waals surface area contributed by atoms with Crippen LogP contribution in [0.3, 0.4) is 0 Å². The highest BCUT2D eigenvalue weighted by molar-refractivity contribution is 8.76. The third kappa shape index (κ3) is 6.55. The molecule has 8 aromatic carbocycles. The topological polar surface area (TPSA) is 179 Å². The summed E-state index contributed by atoms with van der Waals surface area (Å²) in [5.74, 6) is -4.54. The second kappa shape index (κ2) is 14.3. The molecule has 1 heterocycles. The first kappa shape index (κ1) is 36.7. The minimum Gasteiger partial charge on any atom is -0.480 e. The highest BCUT2D eigenvalue weighted by Gasteiger charge is 2.49. The number of rotatable bonds is 13. The number of carboxylic acid groups (broad SMARTS) is 1. The summed E-state index contributed by atoms with van der Waals surface area (Å²) in [4.78, 5) is 57.0. The summed E-state index contributed by atoms with van der Waals surface area (Å²) in [6, 6.07) is 33.5. The lowest BCUT2D eigenvalue weighted by Gasteiger charge is -2.23. The molecule has 2 unspecified atom stereocenters. The molecule has 0 spiro atoms. The van der Waals surface area contributed by atoms with Crippen molar-refractivity contribution in [2.45, 2.75) is 23.8 Å². The molecule has 8 aromatic rings. The Kier molecular flexibility index (Phi) is 9.19. The van der Waals surface area contributed by atoms with E-state index in [9.17, 15) is 37.3 Å². The predicted octanol–water partition coefficient (Wildman–Crippen LogP) is 7.68. The van der Waals surface area contributed by atoms with E-state index in [0.29, 0.717) is 11.4 Å². The molecule has 57 heavy (non-hydrogen) atoms. The smallest absolute Gasteiger partial charge is 0.356 e. The quantitative estimate of drug-likeness (QED) is 0.0293. The van der Waals surface area contributed by atoms with Gasteiger partial charge in [-0.2, -0.15) is 8.42 Å². The number of nitrogens with zero attached hydrogens (tertiary/aromatic N) is 1. The van der Waals surface area contributed by atoms with Crippen molar-refractivity contribution >= 4 is 131 Å². The summed E-state index contributed by atoms with van der Waals surface area (Å²) in [5, 5.41) is 26.8.